The van der Waals surface area contributed by atoms with E-state index in [2.05, 4.69) is 26.2 Å². The molecule has 0 unspecified atom stereocenters. The average Bonchev–Trinajstić information content (AvgIpc) is 2.77. The maximum Gasteiger partial charge on any atom is 0.328 e. The molecule has 0 bridgehead atoms. The Morgan fingerprint density at radius 3 is 2.71 bits per heavy atom. The van der Waals surface area contributed by atoms with E-state index >= 15 is 0 Å². The summed E-state index contributed by atoms with van der Waals surface area (Å²) >= 11 is 9.35. The molecular weight excluding hydrogens is 404 g/mol. The largest absolute Gasteiger partial charge is 0.459 e. The monoisotopic (exact) mass is 416 g/mol. The molecular formula is C14H14BrClN4O4. The molecule has 1 heterocycles. The van der Waals surface area contributed by atoms with E-state index in [1.165, 1.54) is 22.9 Å². The lowest BCUT2D eigenvalue weighted by atomic mass is 10.1. The Morgan fingerprint density at radius 1 is 1.46 bits per heavy atom. The van der Waals surface area contributed by atoms with Crippen LogP contribution in [-0.4, -0.2) is 31.5 Å². The van der Waals surface area contributed by atoms with Gasteiger partial charge in [0.2, 0.25) is 0 Å². The lowest BCUT2D eigenvalue weighted by Crippen LogP contribution is -2.26. The van der Waals surface area contributed by atoms with E-state index in [0.29, 0.717) is 4.60 Å². The van der Waals surface area contributed by atoms with E-state index < -0.39 is 16.5 Å². The first-order chi connectivity index (χ1) is 11.1. The second-order valence-corrected chi connectivity index (χ2v) is 7.02. The van der Waals surface area contributed by atoms with Crippen LogP contribution in [0.4, 0.5) is 5.69 Å². The predicted octanol–water partition coefficient (Wildman–Crippen LogP) is 3.61. The van der Waals surface area contributed by atoms with Gasteiger partial charge in [0.15, 0.2) is 0 Å². The number of carbonyl (C=O) groups excluding carboxylic acids is 1. The molecule has 128 valence electrons. The second kappa shape index (κ2) is 6.86. The maximum absolute atomic E-state index is 11.9. The van der Waals surface area contributed by atoms with E-state index in [4.69, 9.17) is 16.3 Å². The van der Waals surface area contributed by atoms with Crippen LogP contribution in [0.3, 0.4) is 0 Å². The van der Waals surface area contributed by atoms with Crippen LogP contribution in [0.25, 0.3) is 11.3 Å². The van der Waals surface area contributed by atoms with Crippen molar-refractivity contribution in [2.24, 2.45) is 0 Å². The quantitative estimate of drug-likeness (QED) is 0.428. The molecule has 0 aliphatic heterocycles. The van der Waals surface area contributed by atoms with Crippen molar-refractivity contribution in [3.8, 4) is 11.3 Å². The number of benzene rings is 1. The molecule has 0 spiro atoms. The Labute approximate surface area is 151 Å². The minimum absolute atomic E-state index is 0.131. The van der Waals surface area contributed by atoms with Crippen LogP contribution in [-0.2, 0) is 16.1 Å². The molecule has 0 radical (unpaired) electrons. The van der Waals surface area contributed by atoms with Crippen LogP contribution in [0.5, 0.6) is 0 Å². The lowest BCUT2D eigenvalue weighted by Gasteiger charge is -2.19. The van der Waals surface area contributed by atoms with Gasteiger partial charge in [-0.05, 0) is 42.8 Å². The Kier molecular flexibility index (Phi) is 5.24. The number of esters is 1. The molecule has 0 aliphatic carbocycles. The van der Waals surface area contributed by atoms with Crippen molar-refractivity contribution in [1.82, 2.24) is 15.0 Å². The summed E-state index contributed by atoms with van der Waals surface area (Å²) < 4.78 is 6.76. The summed E-state index contributed by atoms with van der Waals surface area (Å²) in [6.45, 7) is 5.06. The first kappa shape index (κ1) is 18.3. The second-order valence-electron chi connectivity index (χ2n) is 5.86. The van der Waals surface area contributed by atoms with Gasteiger partial charge in [0.1, 0.15) is 28.0 Å². The van der Waals surface area contributed by atoms with Crippen molar-refractivity contribution in [1.29, 1.82) is 0 Å². The number of nitro groups is 1. The number of nitrogens with zero attached hydrogens (tertiary/aromatic N) is 4. The van der Waals surface area contributed by atoms with Crippen LogP contribution in [0, 0.1) is 10.1 Å². The van der Waals surface area contributed by atoms with E-state index in [9.17, 15) is 14.9 Å². The minimum atomic E-state index is -0.630. The number of aromatic nitrogens is 3. The van der Waals surface area contributed by atoms with Crippen molar-refractivity contribution in [3.63, 3.8) is 0 Å². The molecule has 24 heavy (non-hydrogen) atoms. The maximum atomic E-state index is 11.9. The SMILES string of the molecule is CC(C)(C)OC(=O)Cn1nnc(-c2c(Cl)cccc2[N+](=O)[O-])c1Br. The predicted molar refractivity (Wildman–Crippen MR) is 90.7 cm³/mol. The Hall–Kier alpha value is -2.00. The van der Waals surface area contributed by atoms with Crippen molar-refractivity contribution < 1.29 is 14.5 Å². The number of halogens is 2. The summed E-state index contributed by atoms with van der Waals surface area (Å²) in [5.41, 5.74) is -0.524. The molecule has 0 fully saturated rings. The standard InChI is InChI=1S/C14H14BrClN4O4/c1-14(2,3)24-10(21)7-19-13(15)12(17-18-19)11-8(16)5-4-6-9(11)20(22)23/h4-6H,7H2,1-3H3. The number of hydrogen-bond donors (Lipinski definition) is 0. The van der Waals surface area contributed by atoms with Gasteiger partial charge in [0.25, 0.3) is 5.69 Å². The van der Waals surface area contributed by atoms with Crippen molar-refractivity contribution in [3.05, 3.63) is 37.9 Å². The normalized spacial score (nSPS) is 11.4. The number of rotatable bonds is 4. The Morgan fingerprint density at radius 2 is 2.12 bits per heavy atom. The highest BCUT2D eigenvalue weighted by molar-refractivity contribution is 9.10. The van der Waals surface area contributed by atoms with Gasteiger partial charge >= 0.3 is 5.97 Å². The molecule has 2 rings (SSSR count). The van der Waals surface area contributed by atoms with E-state index in [1.54, 1.807) is 20.8 Å². The van der Waals surface area contributed by atoms with Gasteiger partial charge in [-0.1, -0.05) is 22.9 Å². The molecule has 0 N–H and O–H groups in total. The molecule has 2 aromatic rings. The third-order valence-electron chi connectivity index (χ3n) is 2.80. The van der Waals surface area contributed by atoms with Gasteiger partial charge in [0.05, 0.1) is 9.95 Å². The first-order valence-corrected chi connectivity index (χ1v) is 8.01. The fourth-order valence-electron chi connectivity index (χ4n) is 1.95. The number of nitro benzene ring substituents is 1. The zero-order chi connectivity index (χ0) is 18.1. The van der Waals surface area contributed by atoms with Gasteiger partial charge in [-0.2, -0.15) is 0 Å². The first-order valence-electron chi connectivity index (χ1n) is 6.84. The van der Waals surface area contributed by atoms with Crippen LogP contribution in [0.1, 0.15) is 20.8 Å². The van der Waals surface area contributed by atoms with E-state index in [1.807, 2.05) is 0 Å². The van der Waals surface area contributed by atoms with Crippen molar-refractivity contribution in [2.45, 2.75) is 32.9 Å². The highest BCUT2D eigenvalue weighted by Crippen LogP contribution is 2.38. The molecule has 0 saturated heterocycles. The van der Waals surface area contributed by atoms with Crippen LogP contribution in [0.15, 0.2) is 22.8 Å². The Bertz CT molecular complexity index is 801. The van der Waals surface area contributed by atoms with Crippen molar-refractivity contribution in [2.75, 3.05) is 0 Å². The fourth-order valence-corrected chi connectivity index (χ4v) is 2.68. The topological polar surface area (TPSA) is 100 Å². The van der Waals surface area contributed by atoms with Crippen LogP contribution >= 0.6 is 27.5 Å². The number of carbonyl (C=O) groups is 1. The third-order valence-corrected chi connectivity index (χ3v) is 3.90. The number of ether oxygens (including phenoxy) is 1. The molecule has 0 atom stereocenters. The van der Waals surface area contributed by atoms with Crippen molar-refractivity contribution >= 4 is 39.2 Å². The van der Waals surface area contributed by atoms with Crippen LogP contribution < -0.4 is 0 Å². The molecule has 0 saturated carbocycles. The highest BCUT2D eigenvalue weighted by Gasteiger charge is 2.26. The third kappa shape index (κ3) is 4.09. The van der Waals surface area contributed by atoms with Gasteiger partial charge in [-0.3, -0.25) is 14.9 Å². The van der Waals surface area contributed by atoms with Gasteiger partial charge in [0, 0.05) is 6.07 Å². The smallest absolute Gasteiger partial charge is 0.328 e. The summed E-state index contributed by atoms with van der Waals surface area (Å²) in [5, 5.41) is 19.1. The molecule has 10 heteroatoms. The average molecular weight is 418 g/mol. The van der Waals surface area contributed by atoms with E-state index in [-0.39, 0.29) is 28.5 Å². The summed E-state index contributed by atoms with van der Waals surface area (Å²) in [5.74, 6) is -0.506. The highest BCUT2D eigenvalue weighted by atomic mass is 79.9. The van der Waals surface area contributed by atoms with Gasteiger partial charge in [-0.25, -0.2) is 4.68 Å². The zero-order valence-corrected chi connectivity index (χ0v) is 15.5. The number of hydrogen-bond acceptors (Lipinski definition) is 6. The van der Waals surface area contributed by atoms with E-state index in [0.717, 1.165) is 0 Å². The lowest BCUT2D eigenvalue weighted by molar-refractivity contribution is -0.384. The summed E-state index contributed by atoms with van der Waals surface area (Å²) in [6, 6.07) is 4.31. The van der Waals surface area contributed by atoms with Crippen LogP contribution in [0.2, 0.25) is 5.02 Å². The van der Waals surface area contributed by atoms with Gasteiger partial charge < -0.3 is 4.74 Å². The molecule has 0 amide bonds. The zero-order valence-electron chi connectivity index (χ0n) is 13.1. The van der Waals surface area contributed by atoms with Gasteiger partial charge in [-0.15, -0.1) is 5.10 Å². The minimum Gasteiger partial charge on any atom is -0.459 e. The summed E-state index contributed by atoms with van der Waals surface area (Å²) in [4.78, 5) is 22.5. The summed E-state index contributed by atoms with van der Waals surface area (Å²) in [6.07, 6.45) is 0. The molecule has 1 aromatic heterocycles. The molecule has 1 aromatic carbocycles. The fraction of sp³-hybridized carbons (Fsp3) is 0.357. The molecule has 8 nitrogen and oxygen atoms in total. The Balaban J connectivity index is 2.38. The molecule has 0 aliphatic rings. The summed E-state index contributed by atoms with van der Waals surface area (Å²) in [7, 11) is 0.